The second-order valence-electron chi connectivity index (χ2n) is 3.95. The number of nitrogens with one attached hydrogen (secondary N) is 2. The maximum absolute atomic E-state index is 4.48. The molecule has 4 rings (SSSR count). The van der Waals surface area contributed by atoms with E-state index in [-0.39, 0.29) is 0 Å². The van der Waals surface area contributed by atoms with Crippen molar-refractivity contribution in [1.82, 2.24) is 30.1 Å². The minimum Gasteiger partial charge on any atom is -0.336 e. The lowest BCUT2D eigenvalue weighted by Gasteiger charge is -1.90. The Bertz CT molecular complexity index is 811. The Labute approximate surface area is 101 Å². The zero-order valence-corrected chi connectivity index (χ0v) is 9.25. The zero-order chi connectivity index (χ0) is 11.9. The van der Waals surface area contributed by atoms with Crippen LogP contribution in [0.3, 0.4) is 0 Å². The molecule has 4 aromatic rings. The van der Waals surface area contributed by atoms with Crippen molar-refractivity contribution >= 4 is 22.1 Å². The molecule has 0 amide bonds. The summed E-state index contributed by atoms with van der Waals surface area (Å²) in [5.41, 5.74) is 3.30. The van der Waals surface area contributed by atoms with Crippen molar-refractivity contribution in [2.45, 2.75) is 0 Å². The van der Waals surface area contributed by atoms with E-state index >= 15 is 0 Å². The summed E-state index contributed by atoms with van der Waals surface area (Å²) in [6.45, 7) is 0. The van der Waals surface area contributed by atoms with Gasteiger partial charge in [-0.1, -0.05) is 0 Å². The van der Waals surface area contributed by atoms with Gasteiger partial charge in [-0.15, -0.1) is 0 Å². The molecule has 0 aromatic carbocycles. The number of hydrogen-bond donors (Lipinski definition) is 2. The molecule has 0 spiro atoms. The Kier molecular flexibility index (Phi) is 1.74. The van der Waals surface area contributed by atoms with E-state index in [2.05, 4.69) is 30.1 Å². The van der Waals surface area contributed by atoms with E-state index in [9.17, 15) is 0 Å². The van der Waals surface area contributed by atoms with Gasteiger partial charge in [-0.25, -0.2) is 9.97 Å². The second kappa shape index (κ2) is 3.36. The predicted octanol–water partition coefficient (Wildman–Crippen LogP) is 1.90. The van der Waals surface area contributed by atoms with Crippen molar-refractivity contribution in [2.24, 2.45) is 0 Å². The summed E-state index contributed by atoms with van der Waals surface area (Å²) in [5, 5.41) is 8.10. The summed E-state index contributed by atoms with van der Waals surface area (Å²) in [4.78, 5) is 16.0. The Hall–Kier alpha value is -2.76. The quantitative estimate of drug-likeness (QED) is 0.528. The molecule has 2 N–H and O–H groups in total. The molecule has 0 radical (unpaired) electrons. The van der Waals surface area contributed by atoms with Crippen molar-refractivity contribution in [3.05, 3.63) is 36.8 Å². The highest BCUT2D eigenvalue weighted by molar-refractivity contribution is 5.90. The van der Waals surface area contributed by atoms with Crippen LogP contribution in [0.25, 0.3) is 33.6 Å². The van der Waals surface area contributed by atoms with Crippen LogP contribution in [0, 0.1) is 0 Å². The van der Waals surface area contributed by atoms with E-state index in [1.165, 1.54) is 0 Å². The molecule has 18 heavy (non-hydrogen) atoms. The monoisotopic (exact) mass is 236 g/mol. The van der Waals surface area contributed by atoms with Crippen molar-refractivity contribution < 1.29 is 0 Å². The van der Waals surface area contributed by atoms with Crippen molar-refractivity contribution in [1.29, 1.82) is 0 Å². The third-order valence-electron chi connectivity index (χ3n) is 2.85. The van der Waals surface area contributed by atoms with Crippen LogP contribution in [0.15, 0.2) is 36.8 Å². The Morgan fingerprint density at radius 3 is 3.06 bits per heavy atom. The van der Waals surface area contributed by atoms with E-state index < -0.39 is 0 Å². The van der Waals surface area contributed by atoms with Crippen LogP contribution in [0.1, 0.15) is 0 Å². The first-order valence-corrected chi connectivity index (χ1v) is 5.51. The van der Waals surface area contributed by atoms with Crippen LogP contribution < -0.4 is 0 Å². The summed E-state index contributed by atoms with van der Waals surface area (Å²) in [7, 11) is 0. The number of rotatable bonds is 1. The summed E-state index contributed by atoms with van der Waals surface area (Å²) in [6.07, 6.45) is 5.18. The zero-order valence-electron chi connectivity index (χ0n) is 9.25. The third kappa shape index (κ3) is 1.22. The van der Waals surface area contributed by atoms with Gasteiger partial charge in [0.15, 0.2) is 11.5 Å². The molecule has 86 valence electrons. The number of pyridine rings is 2. The summed E-state index contributed by atoms with van der Waals surface area (Å²) in [5.74, 6) is 0.720. The van der Waals surface area contributed by atoms with E-state index in [0.717, 1.165) is 33.6 Å². The van der Waals surface area contributed by atoms with E-state index in [0.29, 0.717) is 0 Å². The first-order valence-electron chi connectivity index (χ1n) is 5.51. The highest BCUT2D eigenvalue weighted by Gasteiger charge is 2.12. The third-order valence-corrected chi connectivity index (χ3v) is 2.85. The standard InChI is InChI=1S/C12H8N6/c1-2-7-10(17-18-11(7)14-4-1)12-15-8-3-5-13-6-9(8)16-12/h1-6H,(H,15,16)(H,14,17,18). The lowest BCUT2D eigenvalue weighted by molar-refractivity contribution is 1.09. The average Bonchev–Trinajstić information content (AvgIpc) is 3.02. The van der Waals surface area contributed by atoms with Gasteiger partial charge >= 0.3 is 0 Å². The molecule has 0 aliphatic rings. The van der Waals surface area contributed by atoms with Gasteiger partial charge in [0.2, 0.25) is 0 Å². The number of aromatic amines is 2. The fourth-order valence-corrected chi connectivity index (χ4v) is 2.00. The maximum atomic E-state index is 4.48. The van der Waals surface area contributed by atoms with Crippen LogP contribution >= 0.6 is 0 Å². The highest BCUT2D eigenvalue weighted by atomic mass is 15.2. The fourth-order valence-electron chi connectivity index (χ4n) is 2.00. The highest BCUT2D eigenvalue weighted by Crippen LogP contribution is 2.24. The van der Waals surface area contributed by atoms with Gasteiger partial charge in [-0.2, -0.15) is 5.10 Å². The van der Waals surface area contributed by atoms with Gasteiger partial charge in [-0.05, 0) is 18.2 Å². The first-order chi connectivity index (χ1) is 8.92. The summed E-state index contributed by atoms with van der Waals surface area (Å²) < 4.78 is 0. The van der Waals surface area contributed by atoms with Crippen molar-refractivity contribution in [3.8, 4) is 11.5 Å². The van der Waals surface area contributed by atoms with Crippen LogP contribution in [0.2, 0.25) is 0 Å². The largest absolute Gasteiger partial charge is 0.336 e. The van der Waals surface area contributed by atoms with E-state index in [1.54, 1.807) is 18.6 Å². The number of imidazole rings is 1. The lowest BCUT2D eigenvalue weighted by atomic mass is 10.2. The first kappa shape index (κ1) is 9.29. The van der Waals surface area contributed by atoms with Crippen LogP contribution in [0.5, 0.6) is 0 Å². The smallest absolute Gasteiger partial charge is 0.159 e. The predicted molar refractivity (Wildman–Crippen MR) is 66.8 cm³/mol. The number of aromatic nitrogens is 6. The molecule has 0 atom stereocenters. The molecule has 4 heterocycles. The molecule has 0 aliphatic carbocycles. The topological polar surface area (TPSA) is 83.1 Å². The normalized spacial score (nSPS) is 11.3. The van der Waals surface area contributed by atoms with Crippen LogP contribution in [0.4, 0.5) is 0 Å². The minimum atomic E-state index is 0.720. The second-order valence-corrected chi connectivity index (χ2v) is 3.95. The Balaban J connectivity index is 2.01. The molecule has 4 aromatic heterocycles. The number of fused-ring (bicyclic) bond motifs is 2. The lowest BCUT2D eigenvalue weighted by Crippen LogP contribution is -1.81. The van der Waals surface area contributed by atoms with Gasteiger partial charge in [0.1, 0.15) is 11.2 Å². The molecular weight excluding hydrogens is 228 g/mol. The van der Waals surface area contributed by atoms with Crippen molar-refractivity contribution in [2.75, 3.05) is 0 Å². The number of nitrogens with zero attached hydrogens (tertiary/aromatic N) is 4. The molecule has 6 nitrogen and oxygen atoms in total. The Morgan fingerprint density at radius 2 is 2.11 bits per heavy atom. The minimum absolute atomic E-state index is 0.720. The van der Waals surface area contributed by atoms with Crippen molar-refractivity contribution in [3.63, 3.8) is 0 Å². The molecule has 0 aliphatic heterocycles. The van der Waals surface area contributed by atoms with E-state index in [1.807, 2.05) is 18.2 Å². The summed E-state index contributed by atoms with van der Waals surface area (Å²) >= 11 is 0. The molecule has 6 heteroatoms. The maximum Gasteiger partial charge on any atom is 0.159 e. The number of H-pyrrole nitrogens is 2. The average molecular weight is 236 g/mol. The number of hydrogen-bond acceptors (Lipinski definition) is 4. The van der Waals surface area contributed by atoms with E-state index in [4.69, 9.17) is 0 Å². The van der Waals surface area contributed by atoms with Gasteiger partial charge < -0.3 is 4.98 Å². The van der Waals surface area contributed by atoms with Gasteiger partial charge in [-0.3, -0.25) is 10.1 Å². The molecule has 0 saturated heterocycles. The molecular formula is C12H8N6. The summed E-state index contributed by atoms with van der Waals surface area (Å²) in [6, 6.07) is 5.73. The van der Waals surface area contributed by atoms with Gasteiger partial charge in [0.25, 0.3) is 0 Å². The Morgan fingerprint density at radius 1 is 1.11 bits per heavy atom. The molecule has 0 unspecified atom stereocenters. The van der Waals surface area contributed by atoms with Gasteiger partial charge in [0.05, 0.1) is 11.7 Å². The van der Waals surface area contributed by atoms with Crippen LogP contribution in [-0.4, -0.2) is 30.1 Å². The van der Waals surface area contributed by atoms with Crippen LogP contribution in [-0.2, 0) is 0 Å². The molecule has 0 fully saturated rings. The molecule has 0 bridgehead atoms. The molecule has 0 saturated carbocycles. The fraction of sp³-hybridized carbons (Fsp3) is 0. The SMILES string of the molecule is c1cnc2[nH]nc(-c3nc4cnccc4[nH]3)c2c1. The van der Waals surface area contributed by atoms with Gasteiger partial charge in [0, 0.05) is 17.8 Å².